The maximum atomic E-state index is 5.64. The third-order valence-corrected chi connectivity index (χ3v) is 3.40. The molecule has 0 atom stereocenters. The Morgan fingerprint density at radius 3 is 1.84 bits per heavy atom. The number of rotatable bonds is 12. The zero-order chi connectivity index (χ0) is 18.2. The molecule has 140 valence electrons. The Kier molecular flexibility index (Phi) is 12.8. The highest BCUT2D eigenvalue weighted by Crippen LogP contribution is 2.16. The molecule has 0 bridgehead atoms. The van der Waals surface area contributed by atoms with Crippen LogP contribution in [0, 0.1) is 0 Å². The van der Waals surface area contributed by atoms with Crippen LogP contribution in [0.3, 0.4) is 0 Å². The molecular formula is C21H32O4. The van der Waals surface area contributed by atoms with E-state index in [4.69, 9.17) is 18.9 Å². The molecule has 2 aromatic carbocycles. The first-order chi connectivity index (χ1) is 12.4. The summed E-state index contributed by atoms with van der Waals surface area (Å²) in [7, 11) is 0. The summed E-state index contributed by atoms with van der Waals surface area (Å²) in [6, 6.07) is 14.7. The highest BCUT2D eigenvalue weighted by Gasteiger charge is 1.97. The van der Waals surface area contributed by atoms with E-state index in [1.807, 2.05) is 20.8 Å². The van der Waals surface area contributed by atoms with Crippen LogP contribution in [0.15, 0.2) is 42.5 Å². The molecule has 0 aromatic heterocycles. The van der Waals surface area contributed by atoms with Gasteiger partial charge in [-0.2, -0.15) is 0 Å². The van der Waals surface area contributed by atoms with Crippen LogP contribution in [0.5, 0.6) is 0 Å². The van der Waals surface area contributed by atoms with E-state index in [9.17, 15) is 0 Å². The minimum atomic E-state index is 0.586. The molecule has 2 rings (SSSR count). The summed E-state index contributed by atoms with van der Waals surface area (Å²) < 4.78 is 21.6. The maximum absolute atomic E-state index is 5.64. The fourth-order valence-corrected chi connectivity index (χ4v) is 2.22. The summed E-state index contributed by atoms with van der Waals surface area (Å²) in [5.41, 5.74) is 1.18. The fourth-order valence-electron chi connectivity index (χ4n) is 2.22. The average Bonchev–Trinajstić information content (AvgIpc) is 2.67. The van der Waals surface area contributed by atoms with Gasteiger partial charge in [0.15, 0.2) is 0 Å². The third-order valence-electron chi connectivity index (χ3n) is 3.40. The topological polar surface area (TPSA) is 36.9 Å². The lowest BCUT2D eigenvalue weighted by Crippen LogP contribution is -2.11. The van der Waals surface area contributed by atoms with E-state index in [1.54, 1.807) is 0 Å². The number of ether oxygens (including phenoxy) is 4. The Hall–Kier alpha value is -1.46. The summed E-state index contributed by atoms with van der Waals surface area (Å²) in [5.74, 6) is 0. The van der Waals surface area contributed by atoms with Crippen LogP contribution >= 0.6 is 0 Å². The third kappa shape index (κ3) is 9.56. The number of hydrogen-bond acceptors (Lipinski definition) is 4. The molecule has 0 aliphatic heterocycles. The molecule has 0 heterocycles. The maximum Gasteiger partial charge on any atom is 0.0718 e. The van der Waals surface area contributed by atoms with Gasteiger partial charge in [-0.25, -0.2) is 0 Å². The van der Waals surface area contributed by atoms with Crippen LogP contribution in [0.2, 0.25) is 0 Å². The summed E-state index contributed by atoms with van der Waals surface area (Å²) in [5, 5.41) is 2.50. The van der Waals surface area contributed by atoms with E-state index >= 15 is 0 Å². The van der Waals surface area contributed by atoms with Gasteiger partial charge in [0.2, 0.25) is 0 Å². The van der Waals surface area contributed by atoms with Crippen molar-refractivity contribution in [3.05, 3.63) is 48.0 Å². The predicted octanol–water partition coefficient (Wildman–Crippen LogP) is 4.45. The lowest BCUT2D eigenvalue weighted by Gasteiger charge is -2.07. The Labute approximate surface area is 152 Å². The van der Waals surface area contributed by atoms with Crippen molar-refractivity contribution in [3.63, 3.8) is 0 Å². The largest absolute Gasteiger partial charge is 0.379 e. The number of fused-ring (bicyclic) bond motifs is 1. The molecule has 0 radical (unpaired) electrons. The Morgan fingerprint density at radius 1 is 0.640 bits per heavy atom. The van der Waals surface area contributed by atoms with Crippen molar-refractivity contribution in [3.8, 4) is 0 Å². The second kappa shape index (κ2) is 14.8. The van der Waals surface area contributed by atoms with Gasteiger partial charge >= 0.3 is 0 Å². The Balaban J connectivity index is 0.00000151. The molecule has 4 nitrogen and oxygen atoms in total. The van der Waals surface area contributed by atoms with E-state index in [0.717, 1.165) is 6.61 Å². The first-order valence-electron chi connectivity index (χ1n) is 9.19. The zero-order valence-corrected chi connectivity index (χ0v) is 15.8. The van der Waals surface area contributed by atoms with Crippen molar-refractivity contribution in [2.75, 3.05) is 46.2 Å². The SMILES string of the molecule is CC.CCOCCOCCOCCOCc1ccc2ccccc2c1. The fraction of sp³-hybridized carbons (Fsp3) is 0.524. The molecule has 0 amide bonds. The second-order valence-electron chi connectivity index (χ2n) is 5.16. The number of benzene rings is 2. The minimum Gasteiger partial charge on any atom is -0.379 e. The van der Waals surface area contributed by atoms with Crippen molar-refractivity contribution in [2.24, 2.45) is 0 Å². The van der Waals surface area contributed by atoms with Crippen LogP contribution in [-0.4, -0.2) is 46.2 Å². The summed E-state index contributed by atoms with van der Waals surface area (Å²) in [6.07, 6.45) is 0. The highest BCUT2D eigenvalue weighted by molar-refractivity contribution is 5.82. The quantitative estimate of drug-likeness (QED) is 0.531. The van der Waals surface area contributed by atoms with Crippen molar-refractivity contribution in [2.45, 2.75) is 27.4 Å². The van der Waals surface area contributed by atoms with Gasteiger partial charge in [0.1, 0.15) is 0 Å². The van der Waals surface area contributed by atoms with Gasteiger partial charge in [-0.1, -0.05) is 50.2 Å². The van der Waals surface area contributed by atoms with Gasteiger partial charge in [-0.3, -0.25) is 0 Å². The van der Waals surface area contributed by atoms with Crippen molar-refractivity contribution in [1.29, 1.82) is 0 Å². The molecule has 0 N–H and O–H groups in total. The molecule has 0 spiro atoms. The average molecular weight is 348 g/mol. The van der Waals surface area contributed by atoms with Gasteiger partial charge in [-0.15, -0.1) is 0 Å². The molecule has 0 saturated heterocycles. The monoisotopic (exact) mass is 348 g/mol. The smallest absolute Gasteiger partial charge is 0.0718 e. The molecule has 2 aromatic rings. The summed E-state index contributed by atoms with van der Waals surface area (Å²) >= 11 is 0. The lowest BCUT2D eigenvalue weighted by atomic mass is 10.1. The molecule has 25 heavy (non-hydrogen) atoms. The van der Waals surface area contributed by atoms with Gasteiger partial charge in [0.25, 0.3) is 0 Å². The molecule has 0 aliphatic rings. The van der Waals surface area contributed by atoms with Crippen LogP contribution in [0.25, 0.3) is 10.8 Å². The summed E-state index contributed by atoms with van der Waals surface area (Å²) in [6.45, 7) is 10.9. The van der Waals surface area contributed by atoms with Gasteiger partial charge in [0, 0.05) is 6.61 Å². The molecular weight excluding hydrogens is 316 g/mol. The Bertz CT molecular complexity index is 556. The Morgan fingerprint density at radius 2 is 1.20 bits per heavy atom. The summed E-state index contributed by atoms with van der Waals surface area (Å²) in [4.78, 5) is 0. The highest BCUT2D eigenvalue weighted by atomic mass is 16.6. The standard InChI is InChI=1S/C19H26O4.C2H6/c1-2-20-9-10-21-11-12-22-13-14-23-16-17-7-8-18-5-3-4-6-19(18)15-17;1-2/h3-8,15H,2,9-14,16H2,1H3;1-2H3. The lowest BCUT2D eigenvalue weighted by molar-refractivity contribution is -0.00287. The first kappa shape index (κ1) is 21.6. The van der Waals surface area contributed by atoms with Crippen LogP contribution in [-0.2, 0) is 25.6 Å². The van der Waals surface area contributed by atoms with Crippen LogP contribution < -0.4 is 0 Å². The van der Waals surface area contributed by atoms with Crippen molar-refractivity contribution >= 4 is 10.8 Å². The van der Waals surface area contributed by atoms with Gasteiger partial charge in [-0.05, 0) is 29.3 Å². The van der Waals surface area contributed by atoms with E-state index < -0.39 is 0 Å². The number of hydrogen-bond donors (Lipinski definition) is 0. The van der Waals surface area contributed by atoms with E-state index in [2.05, 4.69) is 42.5 Å². The van der Waals surface area contributed by atoms with Gasteiger partial charge in [0.05, 0.1) is 46.2 Å². The zero-order valence-electron chi connectivity index (χ0n) is 15.8. The van der Waals surface area contributed by atoms with E-state index in [0.29, 0.717) is 46.2 Å². The molecule has 4 heteroatoms. The van der Waals surface area contributed by atoms with Crippen molar-refractivity contribution in [1.82, 2.24) is 0 Å². The molecule has 0 unspecified atom stereocenters. The van der Waals surface area contributed by atoms with Crippen LogP contribution in [0.1, 0.15) is 26.3 Å². The minimum absolute atomic E-state index is 0.586. The van der Waals surface area contributed by atoms with Gasteiger partial charge < -0.3 is 18.9 Å². The predicted molar refractivity (Wildman–Crippen MR) is 103 cm³/mol. The molecule has 0 fully saturated rings. The first-order valence-corrected chi connectivity index (χ1v) is 9.19. The van der Waals surface area contributed by atoms with Crippen molar-refractivity contribution < 1.29 is 18.9 Å². The normalized spacial score (nSPS) is 10.5. The molecule has 0 aliphatic carbocycles. The van der Waals surface area contributed by atoms with Crippen LogP contribution in [0.4, 0.5) is 0 Å². The molecule has 0 saturated carbocycles. The van der Waals surface area contributed by atoms with E-state index in [1.165, 1.54) is 16.3 Å². The second-order valence-corrected chi connectivity index (χ2v) is 5.16. The van der Waals surface area contributed by atoms with E-state index in [-0.39, 0.29) is 0 Å².